The van der Waals surface area contributed by atoms with E-state index in [0.29, 0.717) is 22.6 Å². The number of halogens is 3. The van der Waals surface area contributed by atoms with Crippen LogP contribution in [0.15, 0.2) is 55.2 Å². The Bertz CT molecular complexity index is 1390. The number of aliphatic hydroxyl groups is 1. The number of methoxy groups -OCH3 is 1. The Kier molecular flexibility index (Phi) is 7.64. The van der Waals surface area contributed by atoms with Gasteiger partial charge in [0.15, 0.2) is 5.60 Å². The van der Waals surface area contributed by atoms with Crippen LogP contribution in [-0.2, 0) is 11.8 Å². The number of fused-ring (bicyclic) bond motifs is 1. The summed E-state index contributed by atoms with van der Waals surface area (Å²) >= 11 is 0. The van der Waals surface area contributed by atoms with Crippen LogP contribution in [0.5, 0.6) is 5.75 Å². The quantitative estimate of drug-likeness (QED) is 0.232. The van der Waals surface area contributed by atoms with Gasteiger partial charge in [0.05, 0.1) is 18.8 Å². The maximum absolute atomic E-state index is 14.5. The van der Waals surface area contributed by atoms with E-state index in [1.807, 2.05) is 6.92 Å². The highest BCUT2D eigenvalue weighted by molar-refractivity contribution is 5.82. The van der Waals surface area contributed by atoms with Crippen molar-refractivity contribution in [1.82, 2.24) is 19.9 Å². The van der Waals surface area contributed by atoms with E-state index >= 15 is 0 Å². The third-order valence-corrected chi connectivity index (χ3v) is 6.68. The summed E-state index contributed by atoms with van der Waals surface area (Å²) in [5, 5.41) is 15.1. The number of nitrogens with one attached hydrogen (secondary N) is 2. The number of anilines is 1. The Hall–Kier alpha value is -3.66. The summed E-state index contributed by atoms with van der Waals surface area (Å²) in [7, 11) is 1.47. The number of aromatic nitrogens is 4. The van der Waals surface area contributed by atoms with Crippen LogP contribution in [0.3, 0.4) is 0 Å². The van der Waals surface area contributed by atoms with E-state index < -0.39 is 30.0 Å². The fraction of sp³-hybridized carbons (Fsp3) is 0.393. The number of aromatic amines is 1. The highest BCUT2D eigenvalue weighted by Gasteiger charge is 2.56. The topological polar surface area (TPSA) is 96.0 Å². The number of rotatable bonds is 10. The molecule has 38 heavy (non-hydrogen) atoms. The van der Waals surface area contributed by atoms with Gasteiger partial charge in [-0.05, 0) is 48.1 Å². The van der Waals surface area contributed by atoms with Gasteiger partial charge in [0.1, 0.15) is 17.9 Å². The van der Waals surface area contributed by atoms with Gasteiger partial charge in [-0.2, -0.15) is 13.2 Å². The van der Waals surface area contributed by atoms with Gasteiger partial charge in [0.25, 0.3) is 0 Å². The molecular formula is C28H32F3N5O2. The lowest BCUT2D eigenvalue weighted by Gasteiger charge is -2.38. The fourth-order valence-electron chi connectivity index (χ4n) is 4.81. The molecule has 4 aromatic rings. The number of hydrogen-bond donors (Lipinski definition) is 3. The third kappa shape index (κ3) is 5.75. The van der Waals surface area contributed by atoms with E-state index in [2.05, 4.69) is 25.3 Å². The van der Waals surface area contributed by atoms with Crippen molar-refractivity contribution in [3.8, 4) is 16.9 Å². The van der Waals surface area contributed by atoms with Crippen molar-refractivity contribution in [2.24, 2.45) is 0 Å². The molecule has 0 aliphatic carbocycles. The Morgan fingerprint density at radius 2 is 1.76 bits per heavy atom. The standard InChI is InChI=1S/C28H32F3N5O2/c1-5-8-34-25-11-19-9-21(36-23(19)15-35-25)12-27(37,28(29,30)31)16-26(2,3)22-10-18(6-7-24(22)38-4)20-13-32-17-33-14-20/h6-7,9-11,13-15,17,36-37H,5,8,12,16H2,1-4H3,(H,34,35). The molecule has 1 atom stereocenters. The number of nitrogens with zero attached hydrogens (tertiary/aromatic N) is 3. The first-order valence-electron chi connectivity index (χ1n) is 12.4. The minimum absolute atomic E-state index is 0.271. The first-order valence-corrected chi connectivity index (χ1v) is 12.4. The molecule has 1 aromatic carbocycles. The van der Waals surface area contributed by atoms with E-state index in [1.54, 1.807) is 62.8 Å². The van der Waals surface area contributed by atoms with Crippen molar-refractivity contribution in [3.05, 3.63) is 66.5 Å². The van der Waals surface area contributed by atoms with Crippen molar-refractivity contribution < 1.29 is 23.0 Å². The molecule has 3 N–H and O–H groups in total. The van der Waals surface area contributed by atoms with E-state index in [0.717, 1.165) is 29.5 Å². The zero-order valence-electron chi connectivity index (χ0n) is 21.9. The van der Waals surface area contributed by atoms with Gasteiger partial charge in [0, 0.05) is 47.6 Å². The minimum Gasteiger partial charge on any atom is -0.496 e. The highest BCUT2D eigenvalue weighted by Crippen LogP contribution is 2.46. The number of alkyl halides is 3. The van der Waals surface area contributed by atoms with Crippen LogP contribution in [0.2, 0.25) is 0 Å². The molecule has 0 spiro atoms. The van der Waals surface area contributed by atoms with E-state index in [1.165, 1.54) is 13.4 Å². The molecule has 3 aromatic heterocycles. The lowest BCUT2D eigenvalue weighted by Crippen LogP contribution is -2.51. The highest BCUT2D eigenvalue weighted by atomic mass is 19.4. The number of benzene rings is 1. The molecule has 1 unspecified atom stereocenters. The summed E-state index contributed by atoms with van der Waals surface area (Å²) in [6.07, 6.45) is 1.05. The van der Waals surface area contributed by atoms with Gasteiger partial charge in [-0.25, -0.2) is 15.0 Å². The average Bonchev–Trinajstić information content (AvgIpc) is 3.27. The number of hydrogen-bond acceptors (Lipinski definition) is 6. The summed E-state index contributed by atoms with van der Waals surface area (Å²) in [6.45, 7) is 6.11. The largest absolute Gasteiger partial charge is 0.496 e. The second kappa shape index (κ2) is 10.6. The smallest absolute Gasteiger partial charge is 0.417 e. The van der Waals surface area contributed by atoms with Crippen molar-refractivity contribution in [2.45, 2.75) is 57.2 Å². The van der Waals surface area contributed by atoms with Crippen molar-refractivity contribution in [1.29, 1.82) is 0 Å². The van der Waals surface area contributed by atoms with E-state index in [-0.39, 0.29) is 5.69 Å². The molecule has 0 saturated carbocycles. The van der Waals surface area contributed by atoms with Crippen molar-refractivity contribution in [2.75, 3.05) is 19.0 Å². The van der Waals surface area contributed by atoms with Gasteiger partial charge < -0.3 is 20.1 Å². The molecule has 0 saturated heterocycles. The van der Waals surface area contributed by atoms with Crippen LogP contribution in [0.25, 0.3) is 22.0 Å². The summed E-state index contributed by atoms with van der Waals surface area (Å²) < 4.78 is 49.0. The SMILES string of the molecule is CCCNc1cc2cc(CC(O)(CC(C)(C)c3cc(-c4cncnc4)ccc3OC)C(F)(F)F)[nH]c2cn1. The van der Waals surface area contributed by atoms with Crippen LogP contribution in [0.4, 0.5) is 19.0 Å². The van der Waals surface area contributed by atoms with Crippen LogP contribution in [0.1, 0.15) is 44.9 Å². The summed E-state index contributed by atoms with van der Waals surface area (Å²) in [6, 6.07) is 8.70. The first-order chi connectivity index (χ1) is 18.0. The van der Waals surface area contributed by atoms with Gasteiger partial charge in [-0.1, -0.05) is 26.8 Å². The molecule has 0 fully saturated rings. The van der Waals surface area contributed by atoms with Crippen LogP contribution in [-0.4, -0.2) is 50.5 Å². The lowest BCUT2D eigenvalue weighted by atomic mass is 9.72. The zero-order chi connectivity index (χ0) is 27.6. The molecule has 0 bridgehead atoms. The molecule has 7 nitrogen and oxygen atoms in total. The van der Waals surface area contributed by atoms with Crippen LogP contribution in [0, 0.1) is 0 Å². The maximum Gasteiger partial charge on any atom is 0.417 e. The maximum atomic E-state index is 14.5. The van der Waals surface area contributed by atoms with E-state index in [4.69, 9.17) is 4.74 Å². The zero-order valence-corrected chi connectivity index (χ0v) is 21.9. The van der Waals surface area contributed by atoms with Crippen LogP contribution < -0.4 is 10.1 Å². The normalized spacial score (nSPS) is 13.9. The van der Waals surface area contributed by atoms with E-state index in [9.17, 15) is 18.3 Å². The van der Waals surface area contributed by atoms with Gasteiger partial charge in [-0.3, -0.25) is 0 Å². The van der Waals surface area contributed by atoms with Crippen molar-refractivity contribution >= 4 is 16.7 Å². The molecule has 0 aliphatic heterocycles. The predicted molar refractivity (Wildman–Crippen MR) is 141 cm³/mol. The second-order valence-corrected chi connectivity index (χ2v) is 10.2. The molecule has 3 heterocycles. The van der Waals surface area contributed by atoms with Gasteiger partial charge in [-0.15, -0.1) is 0 Å². The second-order valence-electron chi connectivity index (χ2n) is 10.2. The molecule has 4 rings (SSSR count). The molecule has 202 valence electrons. The minimum atomic E-state index is -4.88. The van der Waals surface area contributed by atoms with Gasteiger partial charge >= 0.3 is 6.18 Å². The molecule has 0 radical (unpaired) electrons. The Morgan fingerprint density at radius 3 is 2.42 bits per heavy atom. The molecule has 0 amide bonds. The third-order valence-electron chi connectivity index (χ3n) is 6.68. The summed E-state index contributed by atoms with van der Waals surface area (Å²) in [5.74, 6) is 1.08. The first kappa shape index (κ1) is 27.4. The van der Waals surface area contributed by atoms with Crippen molar-refractivity contribution in [3.63, 3.8) is 0 Å². The lowest BCUT2D eigenvalue weighted by molar-refractivity contribution is -0.266. The number of ether oxygens (including phenoxy) is 1. The molecule has 10 heteroatoms. The average molecular weight is 528 g/mol. The van der Waals surface area contributed by atoms with Gasteiger partial charge in [0.2, 0.25) is 0 Å². The number of H-pyrrole nitrogens is 1. The Labute approximate surface area is 219 Å². The fourth-order valence-corrected chi connectivity index (χ4v) is 4.81. The Balaban J connectivity index is 1.67. The Morgan fingerprint density at radius 1 is 1.03 bits per heavy atom. The number of pyridine rings is 1. The predicted octanol–water partition coefficient (Wildman–Crippen LogP) is 6.05. The summed E-state index contributed by atoms with van der Waals surface area (Å²) in [4.78, 5) is 15.4. The monoisotopic (exact) mass is 527 g/mol. The molecule has 0 aliphatic rings. The van der Waals surface area contributed by atoms with Crippen LogP contribution >= 0.6 is 0 Å². The summed E-state index contributed by atoms with van der Waals surface area (Å²) in [5.41, 5.74) is -1.26. The molecular weight excluding hydrogens is 495 g/mol.